The van der Waals surface area contributed by atoms with Gasteiger partial charge < -0.3 is 5.32 Å². The number of hydrogen-bond acceptors (Lipinski definition) is 4. The zero-order chi connectivity index (χ0) is 19.0. The number of fused-ring (bicyclic) bond motifs is 1. The Morgan fingerprint density at radius 1 is 1.19 bits per heavy atom. The zero-order valence-electron chi connectivity index (χ0n) is 14.3. The first-order valence-electron chi connectivity index (χ1n) is 8.13. The summed E-state index contributed by atoms with van der Waals surface area (Å²) in [7, 11) is 1.68. The molecule has 0 saturated heterocycles. The van der Waals surface area contributed by atoms with Gasteiger partial charge in [0, 0.05) is 12.1 Å². The molecule has 2 aromatic carbocycles. The van der Waals surface area contributed by atoms with Crippen LogP contribution in [0, 0.1) is 0 Å². The molecule has 0 spiro atoms. The van der Waals surface area contributed by atoms with E-state index in [9.17, 15) is 9.59 Å². The van der Waals surface area contributed by atoms with Crippen molar-refractivity contribution in [3.63, 3.8) is 0 Å². The van der Waals surface area contributed by atoms with E-state index in [4.69, 9.17) is 11.6 Å². The molecule has 136 valence electrons. The van der Waals surface area contributed by atoms with Crippen molar-refractivity contribution in [3.05, 3.63) is 70.6 Å². The number of halogens is 1. The molecule has 0 atom stereocenters. The van der Waals surface area contributed by atoms with Gasteiger partial charge in [0.1, 0.15) is 19.2 Å². The molecular weight excluding hydrogens is 368 g/mol. The van der Waals surface area contributed by atoms with Gasteiger partial charge in [0.05, 0.1) is 22.4 Å². The molecular formula is C18H15ClN6O2. The first-order valence-corrected chi connectivity index (χ1v) is 8.51. The summed E-state index contributed by atoms with van der Waals surface area (Å²) >= 11 is 6.07. The van der Waals surface area contributed by atoms with E-state index in [2.05, 4.69) is 15.4 Å². The molecule has 2 aromatic heterocycles. The van der Waals surface area contributed by atoms with Gasteiger partial charge in [0.15, 0.2) is 0 Å². The van der Waals surface area contributed by atoms with Crippen LogP contribution in [0.1, 0.15) is 0 Å². The molecule has 0 aliphatic rings. The molecule has 0 radical (unpaired) electrons. The maximum absolute atomic E-state index is 12.7. The summed E-state index contributed by atoms with van der Waals surface area (Å²) in [5.41, 5.74) is 2.31. The van der Waals surface area contributed by atoms with Gasteiger partial charge in [-0.05, 0) is 30.3 Å². The van der Waals surface area contributed by atoms with Crippen LogP contribution in [0.2, 0.25) is 5.02 Å². The first kappa shape index (κ1) is 17.0. The standard InChI is InChI=1S/C18H15ClN6O2/c1-23-15-4-2-3-5-16(15)24(18(23)27)9-17(26)22-13-8-12(19)6-7-14(13)25-11-20-10-21-25/h2-8,10-11H,9H2,1H3,(H,22,26). The number of hydrogen-bond donors (Lipinski definition) is 1. The molecule has 0 saturated carbocycles. The molecule has 27 heavy (non-hydrogen) atoms. The minimum atomic E-state index is -0.350. The van der Waals surface area contributed by atoms with Crippen LogP contribution in [0.4, 0.5) is 5.69 Å². The van der Waals surface area contributed by atoms with E-state index in [-0.39, 0.29) is 18.1 Å². The van der Waals surface area contributed by atoms with Crippen molar-refractivity contribution in [2.75, 3.05) is 5.32 Å². The van der Waals surface area contributed by atoms with E-state index in [0.29, 0.717) is 21.9 Å². The van der Waals surface area contributed by atoms with Crippen LogP contribution in [0.25, 0.3) is 16.7 Å². The van der Waals surface area contributed by atoms with Crippen LogP contribution in [0.5, 0.6) is 0 Å². The van der Waals surface area contributed by atoms with Crippen molar-refractivity contribution in [2.45, 2.75) is 6.54 Å². The molecule has 9 heteroatoms. The van der Waals surface area contributed by atoms with Crippen LogP contribution in [-0.4, -0.2) is 29.8 Å². The highest BCUT2D eigenvalue weighted by Gasteiger charge is 2.15. The number of para-hydroxylation sites is 2. The largest absolute Gasteiger partial charge is 0.329 e. The predicted octanol–water partition coefficient (Wildman–Crippen LogP) is 2.21. The average Bonchev–Trinajstić information content (AvgIpc) is 3.26. The van der Waals surface area contributed by atoms with E-state index in [1.54, 1.807) is 25.2 Å². The summed E-state index contributed by atoms with van der Waals surface area (Å²) in [5.74, 6) is -0.350. The van der Waals surface area contributed by atoms with Gasteiger partial charge in [-0.1, -0.05) is 23.7 Å². The normalized spacial score (nSPS) is 11.0. The fraction of sp³-hybridized carbons (Fsp3) is 0.111. The molecule has 2 heterocycles. The van der Waals surface area contributed by atoms with Crippen LogP contribution >= 0.6 is 11.6 Å². The van der Waals surface area contributed by atoms with Crippen LogP contribution in [0.3, 0.4) is 0 Å². The number of nitrogens with one attached hydrogen (secondary N) is 1. The number of amides is 1. The van der Waals surface area contributed by atoms with E-state index in [0.717, 1.165) is 5.52 Å². The molecule has 8 nitrogen and oxygen atoms in total. The lowest BCUT2D eigenvalue weighted by molar-refractivity contribution is -0.116. The Labute approximate surface area is 158 Å². The fourth-order valence-corrected chi connectivity index (χ4v) is 3.16. The number of aromatic nitrogens is 5. The van der Waals surface area contributed by atoms with Gasteiger partial charge in [0.2, 0.25) is 5.91 Å². The third-order valence-corrected chi connectivity index (χ3v) is 4.49. The van der Waals surface area contributed by atoms with Crippen LogP contribution in [-0.2, 0) is 18.4 Å². The molecule has 1 amide bonds. The maximum atomic E-state index is 12.7. The summed E-state index contributed by atoms with van der Waals surface area (Å²) in [5, 5.41) is 7.36. The third-order valence-electron chi connectivity index (χ3n) is 4.25. The summed E-state index contributed by atoms with van der Waals surface area (Å²) in [4.78, 5) is 29.1. The highest BCUT2D eigenvalue weighted by molar-refractivity contribution is 6.31. The number of nitrogens with zero attached hydrogens (tertiary/aromatic N) is 5. The Morgan fingerprint density at radius 2 is 1.96 bits per heavy atom. The second kappa shape index (κ2) is 6.73. The second-order valence-corrected chi connectivity index (χ2v) is 6.40. The Bertz CT molecular complexity index is 1190. The Kier molecular flexibility index (Phi) is 4.25. The van der Waals surface area contributed by atoms with Crippen molar-refractivity contribution in [1.29, 1.82) is 0 Å². The topological polar surface area (TPSA) is 86.7 Å². The minimum absolute atomic E-state index is 0.122. The van der Waals surface area contributed by atoms with Gasteiger partial charge in [0.25, 0.3) is 0 Å². The van der Waals surface area contributed by atoms with Crippen molar-refractivity contribution in [1.82, 2.24) is 23.9 Å². The second-order valence-electron chi connectivity index (χ2n) is 5.97. The number of carbonyl (C=O) groups excluding carboxylic acids is 1. The van der Waals surface area contributed by atoms with Gasteiger partial charge in [-0.2, -0.15) is 5.10 Å². The summed E-state index contributed by atoms with van der Waals surface area (Å²) in [6.07, 6.45) is 2.92. The number of anilines is 1. The van der Waals surface area contributed by atoms with E-state index >= 15 is 0 Å². The summed E-state index contributed by atoms with van der Waals surface area (Å²) in [6.45, 7) is -0.122. The van der Waals surface area contributed by atoms with E-state index in [1.165, 1.54) is 26.5 Å². The number of rotatable bonds is 4. The van der Waals surface area contributed by atoms with E-state index < -0.39 is 0 Å². The summed E-state index contributed by atoms with van der Waals surface area (Å²) in [6, 6.07) is 12.4. The first-order chi connectivity index (χ1) is 13.0. The Hall–Kier alpha value is -3.39. The lowest BCUT2D eigenvalue weighted by atomic mass is 10.2. The minimum Gasteiger partial charge on any atom is -0.323 e. The van der Waals surface area contributed by atoms with Gasteiger partial charge in [-0.15, -0.1) is 0 Å². The molecule has 0 unspecified atom stereocenters. The SMILES string of the molecule is Cn1c(=O)n(CC(=O)Nc2cc(Cl)ccc2-n2cncn2)c2ccccc21. The molecule has 4 aromatic rings. The lowest BCUT2D eigenvalue weighted by Gasteiger charge is -2.11. The molecule has 0 aliphatic heterocycles. The smallest absolute Gasteiger partial charge is 0.323 e. The van der Waals surface area contributed by atoms with Crippen LogP contribution < -0.4 is 11.0 Å². The molecule has 4 rings (SSSR count). The highest BCUT2D eigenvalue weighted by atomic mass is 35.5. The number of carbonyl (C=O) groups is 1. The summed E-state index contributed by atoms with van der Waals surface area (Å²) < 4.78 is 4.48. The molecule has 1 N–H and O–H groups in total. The van der Waals surface area contributed by atoms with Gasteiger partial charge in [-0.25, -0.2) is 14.5 Å². The average molecular weight is 383 g/mol. The predicted molar refractivity (Wildman–Crippen MR) is 102 cm³/mol. The van der Waals surface area contributed by atoms with Crippen LogP contribution in [0.15, 0.2) is 59.9 Å². The zero-order valence-corrected chi connectivity index (χ0v) is 15.1. The highest BCUT2D eigenvalue weighted by Crippen LogP contribution is 2.24. The molecule has 0 fully saturated rings. The monoisotopic (exact) mass is 382 g/mol. The lowest BCUT2D eigenvalue weighted by Crippen LogP contribution is -2.28. The number of imidazole rings is 1. The van der Waals surface area contributed by atoms with Gasteiger partial charge in [-0.3, -0.25) is 13.9 Å². The van der Waals surface area contributed by atoms with Gasteiger partial charge >= 0.3 is 5.69 Å². The van der Waals surface area contributed by atoms with Crippen molar-refractivity contribution in [2.24, 2.45) is 7.05 Å². The fourth-order valence-electron chi connectivity index (χ4n) is 2.99. The Morgan fingerprint density at radius 3 is 2.70 bits per heavy atom. The number of benzene rings is 2. The molecule has 0 aliphatic carbocycles. The van der Waals surface area contributed by atoms with Crippen molar-refractivity contribution < 1.29 is 4.79 Å². The molecule has 0 bridgehead atoms. The van der Waals surface area contributed by atoms with Crippen molar-refractivity contribution in [3.8, 4) is 5.69 Å². The third kappa shape index (κ3) is 3.11. The maximum Gasteiger partial charge on any atom is 0.329 e. The quantitative estimate of drug-likeness (QED) is 0.586. The van der Waals surface area contributed by atoms with Crippen molar-refractivity contribution >= 4 is 34.2 Å². The Balaban J connectivity index is 1.66. The number of aryl methyl sites for hydroxylation is 1. The van der Waals surface area contributed by atoms with E-state index in [1.807, 2.05) is 24.3 Å².